The Labute approximate surface area is 149 Å². The van der Waals surface area contributed by atoms with Gasteiger partial charge in [-0.15, -0.1) is 13.1 Å². The molecule has 92 valence electrons. The van der Waals surface area contributed by atoms with Crippen molar-refractivity contribution in [1.29, 1.82) is 0 Å². The maximum atomic E-state index is 4.43. The molecule has 0 N–H and O–H groups in total. The van der Waals surface area contributed by atoms with Gasteiger partial charge in [0.1, 0.15) is 0 Å². The Kier molecular flexibility index (Phi) is 8.14. The summed E-state index contributed by atoms with van der Waals surface area (Å²) in [6.45, 7) is 9.24. The van der Waals surface area contributed by atoms with E-state index in [1.165, 1.54) is 38.8 Å². The fourth-order valence-corrected chi connectivity index (χ4v) is 2.76. The second-order valence-corrected chi connectivity index (χ2v) is 5.52. The van der Waals surface area contributed by atoms with E-state index in [1.54, 1.807) is 5.57 Å². The van der Waals surface area contributed by atoms with E-state index in [9.17, 15) is 0 Å². The van der Waals surface area contributed by atoms with Gasteiger partial charge in [-0.05, 0) is 32.6 Å². The molecule has 0 aromatic carbocycles. The fraction of sp³-hybridized carbons (Fsp3) is 0.857. The SMILES string of the molecule is CC(C)N1CC=C(CC2CC[N-]CC2)CC1.[K+]. The summed E-state index contributed by atoms with van der Waals surface area (Å²) in [6.07, 6.45) is 7.78. The fourth-order valence-electron chi connectivity index (χ4n) is 2.76. The Bertz CT molecular complexity index is 245. The molecule has 2 heterocycles. The molecule has 0 aromatic heterocycles. The van der Waals surface area contributed by atoms with Crippen molar-refractivity contribution in [3.05, 3.63) is 17.0 Å². The van der Waals surface area contributed by atoms with Crippen LogP contribution in [0, 0.1) is 5.92 Å². The third-order valence-corrected chi connectivity index (χ3v) is 4.01. The Morgan fingerprint density at radius 1 is 1.35 bits per heavy atom. The number of hydrogen-bond donors (Lipinski definition) is 0. The molecule has 2 nitrogen and oxygen atoms in total. The molecule has 0 saturated carbocycles. The van der Waals surface area contributed by atoms with Gasteiger partial charge in [-0.1, -0.05) is 24.5 Å². The molecule has 2 aliphatic heterocycles. The first kappa shape index (κ1) is 16.4. The van der Waals surface area contributed by atoms with Gasteiger partial charge in [-0.25, -0.2) is 0 Å². The van der Waals surface area contributed by atoms with Crippen LogP contribution >= 0.6 is 0 Å². The van der Waals surface area contributed by atoms with Gasteiger partial charge in [0.25, 0.3) is 0 Å². The van der Waals surface area contributed by atoms with E-state index >= 15 is 0 Å². The minimum absolute atomic E-state index is 0. The average molecular weight is 260 g/mol. The van der Waals surface area contributed by atoms with Crippen molar-refractivity contribution in [2.24, 2.45) is 5.92 Å². The average Bonchev–Trinajstić information content (AvgIpc) is 2.31. The molecule has 2 rings (SSSR count). The van der Waals surface area contributed by atoms with Crippen LogP contribution in [-0.4, -0.2) is 37.1 Å². The zero-order valence-electron chi connectivity index (χ0n) is 11.8. The molecule has 0 aliphatic carbocycles. The van der Waals surface area contributed by atoms with E-state index in [4.69, 9.17) is 0 Å². The van der Waals surface area contributed by atoms with Crippen molar-refractivity contribution in [3.63, 3.8) is 0 Å². The number of nitrogens with zero attached hydrogens (tertiary/aromatic N) is 2. The quantitative estimate of drug-likeness (QED) is 0.524. The molecular formula is C14H25KN2. The van der Waals surface area contributed by atoms with E-state index in [0.29, 0.717) is 6.04 Å². The molecule has 0 radical (unpaired) electrons. The van der Waals surface area contributed by atoms with Gasteiger partial charge in [-0.2, -0.15) is 0 Å². The summed E-state index contributed by atoms with van der Waals surface area (Å²) in [5.74, 6) is 0.925. The maximum Gasteiger partial charge on any atom is 1.00 e. The van der Waals surface area contributed by atoms with Crippen molar-refractivity contribution >= 4 is 0 Å². The summed E-state index contributed by atoms with van der Waals surface area (Å²) in [4.78, 5) is 2.56. The monoisotopic (exact) mass is 260 g/mol. The summed E-state index contributed by atoms with van der Waals surface area (Å²) in [6, 6.07) is 0.700. The van der Waals surface area contributed by atoms with Crippen molar-refractivity contribution in [2.45, 2.75) is 45.6 Å². The molecule has 0 aromatic rings. The predicted molar refractivity (Wildman–Crippen MR) is 69.8 cm³/mol. The summed E-state index contributed by atoms with van der Waals surface area (Å²) in [5, 5.41) is 4.43. The van der Waals surface area contributed by atoms with Crippen LogP contribution in [0.1, 0.15) is 39.5 Å². The maximum absolute atomic E-state index is 4.43. The molecule has 0 unspecified atom stereocenters. The smallest absolute Gasteiger partial charge is 0.662 e. The standard InChI is InChI=1S/C14H25N2.K/c1-12(2)16-9-5-14(6-10-16)11-13-3-7-15-8-4-13;/h5,12-13H,3-4,6-11H2,1-2H3;/q-1;+1. The van der Waals surface area contributed by atoms with Gasteiger partial charge in [0.15, 0.2) is 0 Å². The summed E-state index contributed by atoms with van der Waals surface area (Å²) in [5.41, 5.74) is 1.71. The molecule has 0 spiro atoms. The molecule has 0 amide bonds. The van der Waals surface area contributed by atoms with Crippen LogP contribution in [0.25, 0.3) is 5.32 Å². The molecule has 1 saturated heterocycles. The number of rotatable bonds is 3. The van der Waals surface area contributed by atoms with Crippen molar-refractivity contribution < 1.29 is 51.4 Å². The van der Waals surface area contributed by atoms with Crippen molar-refractivity contribution in [1.82, 2.24) is 4.90 Å². The Morgan fingerprint density at radius 2 is 2.06 bits per heavy atom. The third kappa shape index (κ3) is 5.43. The topological polar surface area (TPSA) is 17.3 Å². The van der Waals surface area contributed by atoms with Crippen LogP contribution < -0.4 is 51.4 Å². The van der Waals surface area contributed by atoms with E-state index in [-0.39, 0.29) is 51.4 Å². The minimum atomic E-state index is 0. The van der Waals surface area contributed by atoms with Gasteiger partial charge in [0, 0.05) is 19.1 Å². The molecule has 1 fully saturated rings. The third-order valence-electron chi connectivity index (χ3n) is 4.01. The molecule has 3 heteroatoms. The molecule has 17 heavy (non-hydrogen) atoms. The first-order valence-corrected chi connectivity index (χ1v) is 6.81. The van der Waals surface area contributed by atoms with Crippen LogP contribution in [0.2, 0.25) is 0 Å². The van der Waals surface area contributed by atoms with Crippen molar-refractivity contribution in [3.8, 4) is 0 Å². The van der Waals surface area contributed by atoms with Gasteiger partial charge >= 0.3 is 51.4 Å². The first-order valence-electron chi connectivity index (χ1n) is 6.81. The van der Waals surface area contributed by atoms with E-state index < -0.39 is 0 Å². The van der Waals surface area contributed by atoms with E-state index in [1.807, 2.05) is 0 Å². The summed E-state index contributed by atoms with van der Waals surface area (Å²) < 4.78 is 0. The van der Waals surface area contributed by atoms with Gasteiger partial charge in [0.2, 0.25) is 0 Å². The van der Waals surface area contributed by atoms with Gasteiger partial charge in [0.05, 0.1) is 0 Å². The van der Waals surface area contributed by atoms with Gasteiger partial charge < -0.3 is 5.32 Å². The Balaban J connectivity index is 0.00000144. The van der Waals surface area contributed by atoms with Crippen LogP contribution in [0.5, 0.6) is 0 Å². The minimum Gasteiger partial charge on any atom is -0.662 e. The van der Waals surface area contributed by atoms with Crippen LogP contribution in [-0.2, 0) is 0 Å². The second-order valence-electron chi connectivity index (χ2n) is 5.52. The zero-order chi connectivity index (χ0) is 11.4. The normalized spacial score (nSPS) is 23.4. The zero-order valence-corrected chi connectivity index (χ0v) is 14.9. The Hall–Kier alpha value is 1.30. The predicted octanol–water partition coefficient (Wildman–Crippen LogP) is 0.205. The van der Waals surface area contributed by atoms with Crippen molar-refractivity contribution in [2.75, 3.05) is 26.2 Å². The number of piperidine rings is 1. The van der Waals surface area contributed by atoms with E-state index in [2.05, 4.69) is 30.1 Å². The summed E-state index contributed by atoms with van der Waals surface area (Å²) in [7, 11) is 0. The molecule has 2 aliphatic rings. The van der Waals surface area contributed by atoms with E-state index in [0.717, 1.165) is 19.0 Å². The number of hydrogen-bond acceptors (Lipinski definition) is 1. The first-order chi connectivity index (χ1) is 7.75. The van der Waals surface area contributed by atoms with Crippen LogP contribution in [0.4, 0.5) is 0 Å². The molecule has 0 bridgehead atoms. The molecular weight excluding hydrogens is 235 g/mol. The Morgan fingerprint density at radius 3 is 2.59 bits per heavy atom. The molecule has 0 atom stereocenters. The largest absolute Gasteiger partial charge is 1.00 e. The summed E-state index contributed by atoms with van der Waals surface area (Å²) >= 11 is 0. The van der Waals surface area contributed by atoms with Crippen LogP contribution in [0.3, 0.4) is 0 Å². The second kappa shape index (κ2) is 8.46. The van der Waals surface area contributed by atoms with Gasteiger partial charge in [-0.3, -0.25) is 4.90 Å². The van der Waals surface area contributed by atoms with Crippen LogP contribution in [0.15, 0.2) is 11.6 Å².